The fourth-order valence-electron chi connectivity index (χ4n) is 2.76. The Labute approximate surface area is 119 Å². The van der Waals surface area contributed by atoms with Gasteiger partial charge in [0.05, 0.1) is 6.61 Å². The van der Waals surface area contributed by atoms with Gasteiger partial charge in [-0.3, -0.25) is 0 Å². The largest absolute Gasteiger partial charge is 0.399 e. The van der Waals surface area contributed by atoms with E-state index in [4.69, 9.17) is 16.2 Å². The molecule has 1 aromatic rings. The maximum Gasteiger partial charge on any atom is 0.155 e. The molecular formula is C13H15F2N3OS. The van der Waals surface area contributed by atoms with Crippen LogP contribution in [0, 0.1) is 5.82 Å². The van der Waals surface area contributed by atoms with E-state index >= 15 is 4.39 Å². The predicted octanol–water partition coefficient (Wildman–Crippen LogP) is 1.79. The Morgan fingerprint density at radius 2 is 2.15 bits per heavy atom. The Morgan fingerprint density at radius 3 is 2.95 bits per heavy atom. The molecule has 0 aliphatic carbocycles. The molecule has 0 saturated carbocycles. The fourth-order valence-corrected chi connectivity index (χ4v) is 3.74. The number of hydrogen-bond acceptors (Lipinski definition) is 5. The predicted molar refractivity (Wildman–Crippen MR) is 75.8 cm³/mol. The van der Waals surface area contributed by atoms with Crippen molar-refractivity contribution in [1.82, 2.24) is 0 Å². The minimum Gasteiger partial charge on any atom is -0.399 e. The van der Waals surface area contributed by atoms with Gasteiger partial charge in [0.1, 0.15) is 11.4 Å². The van der Waals surface area contributed by atoms with Crippen molar-refractivity contribution in [3.63, 3.8) is 0 Å². The van der Waals surface area contributed by atoms with Crippen LogP contribution < -0.4 is 11.5 Å². The zero-order valence-electron chi connectivity index (χ0n) is 10.7. The molecule has 2 aliphatic heterocycles. The quantitative estimate of drug-likeness (QED) is 0.775. The molecule has 7 heteroatoms. The molecule has 0 radical (unpaired) electrons. The fraction of sp³-hybridized carbons (Fsp3) is 0.462. The normalized spacial score (nSPS) is 33.4. The van der Waals surface area contributed by atoms with Crippen molar-refractivity contribution < 1.29 is 13.5 Å². The topological polar surface area (TPSA) is 73.6 Å². The minimum atomic E-state index is -1.69. The van der Waals surface area contributed by atoms with Gasteiger partial charge in [0.2, 0.25) is 0 Å². The van der Waals surface area contributed by atoms with Crippen LogP contribution >= 0.6 is 11.8 Å². The summed E-state index contributed by atoms with van der Waals surface area (Å²) in [7, 11) is 0. The van der Waals surface area contributed by atoms with E-state index in [1.807, 2.05) is 0 Å². The van der Waals surface area contributed by atoms with Crippen LogP contribution in [0.4, 0.5) is 14.5 Å². The number of thioether (sulfide) groups is 1. The first-order valence-corrected chi connectivity index (χ1v) is 7.26. The first-order valence-electron chi connectivity index (χ1n) is 6.27. The lowest BCUT2D eigenvalue weighted by Gasteiger charge is -2.48. The SMILES string of the molecule is NC1=N[C@@]2(c3cc(N)ccc3F)COCC[C@@]2(F)CS1. The average Bonchev–Trinajstić information content (AvgIpc) is 2.42. The molecule has 0 bridgehead atoms. The lowest BCUT2D eigenvalue weighted by molar-refractivity contribution is -0.0705. The Bertz CT molecular complexity index is 583. The summed E-state index contributed by atoms with van der Waals surface area (Å²) in [6.45, 7) is 0.253. The van der Waals surface area contributed by atoms with Crippen LogP contribution in [0.25, 0.3) is 0 Å². The number of rotatable bonds is 1. The molecule has 4 nitrogen and oxygen atoms in total. The summed E-state index contributed by atoms with van der Waals surface area (Å²) in [4.78, 5) is 4.24. The van der Waals surface area contributed by atoms with Gasteiger partial charge < -0.3 is 16.2 Å². The zero-order valence-corrected chi connectivity index (χ0v) is 11.6. The second-order valence-electron chi connectivity index (χ2n) is 5.11. The smallest absolute Gasteiger partial charge is 0.155 e. The Balaban J connectivity index is 2.23. The maximum absolute atomic E-state index is 15.4. The van der Waals surface area contributed by atoms with Crippen LogP contribution in [0.1, 0.15) is 12.0 Å². The lowest BCUT2D eigenvalue weighted by Crippen LogP contribution is -2.59. The Hall–Kier alpha value is -1.34. The number of alkyl halides is 1. The molecule has 1 fully saturated rings. The number of amidine groups is 1. The van der Waals surface area contributed by atoms with Crippen molar-refractivity contribution in [3.8, 4) is 0 Å². The minimum absolute atomic E-state index is 0.0366. The number of halogens is 2. The van der Waals surface area contributed by atoms with Gasteiger partial charge in [-0.2, -0.15) is 0 Å². The number of nitrogens with two attached hydrogens (primary N) is 2. The number of nitrogen functional groups attached to an aromatic ring is 1. The molecule has 3 rings (SSSR count). The molecule has 20 heavy (non-hydrogen) atoms. The lowest BCUT2D eigenvalue weighted by atomic mass is 9.74. The number of aliphatic imine (C=N–C) groups is 1. The summed E-state index contributed by atoms with van der Waals surface area (Å²) in [5.41, 5.74) is 8.80. The molecule has 0 spiro atoms. The van der Waals surface area contributed by atoms with Crippen molar-refractivity contribution in [2.75, 3.05) is 24.7 Å². The molecule has 2 atom stereocenters. The number of benzene rings is 1. The van der Waals surface area contributed by atoms with Gasteiger partial charge in [-0.15, -0.1) is 0 Å². The average molecular weight is 299 g/mol. The zero-order chi connectivity index (χ0) is 14.4. The summed E-state index contributed by atoms with van der Waals surface area (Å²) in [5, 5.41) is 0.241. The van der Waals surface area contributed by atoms with Gasteiger partial charge in [0.25, 0.3) is 0 Å². The second kappa shape index (κ2) is 4.60. The van der Waals surface area contributed by atoms with Crippen LogP contribution in [-0.4, -0.2) is 29.8 Å². The van der Waals surface area contributed by atoms with E-state index in [1.165, 1.54) is 18.2 Å². The van der Waals surface area contributed by atoms with Crippen LogP contribution in [0.2, 0.25) is 0 Å². The number of fused-ring (bicyclic) bond motifs is 1. The monoisotopic (exact) mass is 299 g/mol. The van der Waals surface area contributed by atoms with Crippen LogP contribution in [0.5, 0.6) is 0 Å². The third-order valence-corrected chi connectivity index (χ3v) is 4.87. The van der Waals surface area contributed by atoms with E-state index in [0.717, 1.165) is 11.8 Å². The highest BCUT2D eigenvalue weighted by Crippen LogP contribution is 2.50. The third-order valence-electron chi connectivity index (χ3n) is 3.88. The molecule has 0 unspecified atom stereocenters. The summed E-state index contributed by atoms with van der Waals surface area (Å²) in [6.07, 6.45) is 0.158. The van der Waals surface area contributed by atoms with Crippen LogP contribution in [0.3, 0.4) is 0 Å². The van der Waals surface area contributed by atoms with Gasteiger partial charge in [0.15, 0.2) is 10.8 Å². The first-order chi connectivity index (χ1) is 9.47. The van der Waals surface area contributed by atoms with E-state index in [2.05, 4.69) is 4.99 Å². The number of ether oxygens (including phenoxy) is 1. The molecule has 0 amide bonds. The van der Waals surface area contributed by atoms with E-state index in [1.54, 1.807) is 0 Å². The highest BCUT2D eigenvalue weighted by atomic mass is 32.2. The van der Waals surface area contributed by atoms with Crippen molar-refractivity contribution in [3.05, 3.63) is 29.6 Å². The molecule has 1 saturated heterocycles. The molecule has 1 aromatic carbocycles. The van der Waals surface area contributed by atoms with E-state index in [9.17, 15) is 4.39 Å². The number of hydrogen-bond donors (Lipinski definition) is 2. The van der Waals surface area contributed by atoms with Crippen molar-refractivity contribution in [1.29, 1.82) is 0 Å². The number of anilines is 1. The molecule has 4 N–H and O–H groups in total. The molecule has 108 valence electrons. The Morgan fingerprint density at radius 1 is 1.35 bits per heavy atom. The third kappa shape index (κ3) is 1.88. The van der Waals surface area contributed by atoms with E-state index in [0.29, 0.717) is 5.69 Å². The highest BCUT2D eigenvalue weighted by Gasteiger charge is 2.59. The van der Waals surface area contributed by atoms with Crippen LogP contribution in [0.15, 0.2) is 23.2 Å². The molecule has 2 heterocycles. The van der Waals surface area contributed by atoms with Gasteiger partial charge in [-0.1, -0.05) is 11.8 Å². The van der Waals surface area contributed by atoms with Crippen molar-refractivity contribution >= 4 is 22.6 Å². The van der Waals surface area contributed by atoms with Gasteiger partial charge >= 0.3 is 0 Å². The summed E-state index contributed by atoms with van der Waals surface area (Å²) in [5.74, 6) is -0.407. The summed E-state index contributed by atoms with van der Waals surface area (Å²) < 4.78 is 35.0. The van der Waals surface area contributed by atoms with Gasteiger partial charge in [-0.25, -0.2) is 13.8 Å². The highest BCUT2D eigenvalue weighted by molar-refractivity contribution is 8.13. The van der Waals surface area contributed by atoms with Crippen molar-refractivity contribution in [2.45, 2.75) is 17.6 Å². The van der Waals surface area contributed by atoms with Gasteiger partial charge in [-0.05, 0) is 18.2 Å². The summed E-state index contributed by atoms with van der Waals surface area (Å²) >= 11 is 1.15. The molecular weight excluding hydrogens is 284 g/mol. The number of nitrogens with zero attached hydrogens (tertiary/aromatic N) is 1. The second-order valence-corrected chi connectivity index (χ2v) is 6.10. The Kier molecular flexibility index (Phi) is 3.13. The van der Waals surface area contributed by atoms with E-state index in [-0.39, 0.29) is 36.1 Å². The van der Waals surface area contributed by atoms with E-state index < -0.39 is 17.0 Å². The first kappa shape index (κ1) is 13.6. The summed E-state index contributed by atoms with van der Waals surface area (Å²) in [6, 6.07) is 4.08. The maximum atomic E-state index is 15.4. The molecule has 0 aromatic heterocycles. The van der Waals surface area contributed by atoms with Gasteiger partial charge in [0, 0.05) is 30.0 Å². The van der Waals surface area contributed by atoms with Crippen LogP contribution in [-0.2, 0) is 10.3 Å². The van der Waals surface area contributed by atoms with Crippen molar-refractivity contribution in [2.24, 2.45) is 10.7 Å². The molecule has 2 aliphatic rings. The standard InChI is InChI=1S/C13H15F2N3OS/c14-10-2-1-8(16)5-9(10)13-6-19-4-3-12(13,15)7-20-11(17)18-13/h1-2,5H,3-4,6-7,16H2,(H2,17,18)/t12-,13-/m1/s1.